The minimum absolute atomic E-state index is 0.104. The molecule has 8 nitrogen and oxygen atoms in total. The van der Waals surface area contributed by atoms with Gasteiger partial charge in [0.15, 0.2) is 5.82 Å². The molecular weight excluding hydrogens is 296 g/mol. The fraction of sp³-hybridized carbons (Fsp3) is 0.600. The van der Waals surface area contributed by atoms with Crippen LogP contribution in [0.1, 0.15) is 25.7 Å². The molecular formula is C15H20N6O2. The maximum absolute atomic E-state index is 12.2. The van der Waals surface area contributed by atoms with Gasteiger partial charge in [-0.15, -0.1) is 5.10 Å². The summed E-state index contributed by atoms with van der Waals surface area (Å²) in [5.41, 5.74) is -0.104. The zero-order valence-electron chi connectivity index (χ0n) is 12.9. The lowest BCUT2D eigenvalue weighted by molar-refractivity contribution is -0.0996. The summed E-state index contributed by atoms with van der Waals surface area (Å²) in [6.45, 7) is 2.05. The van der Waals surface area contributed by atoms with Crippen molar-refractivity contribution in [3.8, 4) is 5.82 Å². The number of fused-ring (bicyclic) bond motifs is 1. The SMILES string of the molecule is O=c1ccc(-n2cncn2)nn1CN1CCO[C@@H]2CCCC[C@@H]21. The van der Waals surface area contributed by atoms with Gasteiger partial charge < -0.3 is 4.74 Å². The van der Waals surface area contributed by atoms with Crippen molar-refractivity contribution in [3.63, 3.8) is 0 Å². The molecule has 2 aliphatic rings. The van der Waals surface area contributed by atoms with Crippen molar-refractivity contribution in [2.45, 2.75) is 44.5 Å². The predicted molar refractivity (Wildman–Crippen MR) is 82.1 cm³/mol. The fourth-order valence-electron chi connectivity index (χ4n) is 3.51. The summed E-state index contributed by atoms with van der Waals surface area (Å²) in [4.78, 5) is 18.4. The van der Waals surface area contributed by atoms with Gasteiger partial charge in [-0.1, -0.05) is 12.8 Å². The topological polar surface area (TPSA) is 78.1 Å². The molecule has 0 amide bonds. The second-order valence-corrected chi connectivity index (χ2v) is 6.08. The van der Waals surface area contributed by atoms with E-state index in [1.165, 1.54) is 29.9 Å². The van der Waals surface area contributed by atoms with Crippen LogP contribution in [-0.2, 0) is 11.4 Å². The zero-order chi connectivity index (χ0) is 15.6. The van der Waals surface area contributed by atoms with E-state index >= 15 is 0 Å². The van der Waals surface area contributed by atoms with E-state index in [-0.39, 0.29) is 5.56 Å². The first-order valence-electron chi connectivity index (χ1n) is 8.10. The first-order valence-corrected chi connectivity index (χ1v) is 8.10. The van der Waals surface area contributed by atoms with Gasteiger partial charge in [-0.3, -0.25) is 9.69 Å². The third-order valence-corrected chi connectivity index (χ3v) is 4.67. The first-order chi connectivity index (χ1) is 11.3. The number of rotatable bonds is 3. The number of nitrogens with zero attached hydrogens (tertiary/aromatic N) is 6. The molecule has 2 atom stereocenters. The van der Waals surface area contributed by atoms with E-state index in [9.17, 15) is 4.79 Å². The number of hydrogen-bond acceptors (Lipinski definition) is 6. The highest BCUT2D eigenvalue weighted by Gasteiger charge is 2.34. The molecule has 1 saturated carbocycles. The average Bonchev–Trinajstić information content (AvgIpc) is 3.12. The molecule has 0 aromatic carbocycles. The Balaban J connectivity index is 1.58. The number of aromatic nitrogens is 5. The van der Waals surface area contributed by atoms with Gasteiger partial charge in [-0.25, -0.2) is 14.3 Å². The molecule has 1 saturated heterocycles. The second kappa shape index (κ2) is 6.21. The molecule has 2 fully saturated rings. The molecule has 3 heterocycles. The Morgan fingerprint density at radius 3 is 3.04 bits per heavy atom. The summed E-state index contributed by atoms with van der Waals surface area (Å²) in [5, 5.41) is 8.49. The van der Waals surface area contributed by atoms with E-state index < -0.39 is 0 Å². The molecule has 8 heteroatoms. The van der Waals surface area contributed by atoms with E-state index in [0.717, 1.165) is 26.0 Å². The maximum Gasteiger partial charge on any atom is 0.268 e. The molecule has 0 N–H and O–H groups in total. The van der Waals surface area contributed by atoms with Crippen LogP contribution in [-0.4, -0.2) is 54.7 Å². The second-order valence-electron chi connectivity index (χ2n) is 6.08. The summed E-state index contributed by atoms with van der Waals surface area (Å²) >= 11 is 0. The highest BCUT2D eigenvalue weighted by Crippen LogP contribution is 2.28. The van der Waals surface area contributed by atoms with E-state index in [0.29, 0.717) is 24.6 Å². The molecule has 0 radical (unpaired) electrons. The zero-order valence-corrected chi connectivity index (χ0v) is 12.9. The minimum atomic E-state index is -0.104. The Morgan fingerprint density at radius 1 is 1.26 bits per heavy atom. The normalized spacial score (nSPS) is 25.2. The van der Waals surface area contributed by atoms with Gasteiger partial charge >= 0.3 is 0 Å². The van der Waals surface area contributed by atoms with Gasteiger partial charge in [0.25, 0.3) is 5.56 Å². The molecule has 23 heavy (non-hydrogen) atoms. The lowest BCUT2D eigenvalue weighted by Crippen LogP contribution is -2.53. The summed E-state index contributed by atoms with van der Waals surface area (Å²) < 4.78 is 8.95. The first kappa shape index (κ1) is 14.5. The van der Waals surface area contributed by atoms with Crippen LogP contribution in [0.3, 0.4) is 0 Å². The average molecular weight is 316 g/mol. The summed E-state index contributed by atoms with van der Waals surface area (Å²) in [7, 11) is 0. The largest absolute Gasteiger partial charge is 0.375 e. The Bertz CT molecular complexity index is 711. The third-order valence-electron chi connectivity index (χ3n) is 4.67. The smallest absolute Gasteiger partial charge is 0.268 e. The minimum Gasteiger partial charge on any atom is -0.375 e. The third kappa shape index (κ3) is 2.91. The van der Waals surface area contributed by atoms with E-state index in [1.807, 2.05) is 0 Å². The molecule has 2 aromatic rings. The highest BCUT2D eigenvalue weighted by atomic mass is 16.5. The molecule has 0 bridgehead atoms. The van der Waals surface area contributed by atoms with Crippen LogP contribution in [0.15, 0.2) is 29.6 Å². The van der Waals surface area contributed by atoms with Crippen molar-refractivity contribution in [1.82, 2.24) is 29.4 Å². The lowest BCUT2D eigenvalue weighted by Gasteiger charge is -2.43. The molecule has 4 rings (SSSR count). The van der Waals surface area contributed by atoms with Crippen LogP contribution in [0, 0.1) is 0 Å². The van der Waals surface area contributed by atoms with Crippen LogP contribution in [0.25, 0.3) is 5.82 Å². The molecule has 122 valence electrons. The van der Waals surface area contributed by atoms with Gasteiger partial charge in [0.05, 0.1) is 19.4 Å². The molecule has 0 unspecified atom stereocenters. The van der Waals surface area contributed by atoms with Gasteiger partial charge in [-0.05, 0) is 18.9 Å². The van der Waals surface area contributed by atoms with Gasteiger partial charge in [-0.2, -0.15) is 5.10 Å². The Hall–Kier alpha value is -2.06. The summed E-state index contributed by atoms with van der Waals surface area (Å²) in [5.74, 6) is 0.593. The molecule has 2 aromatic heterocycles. The van der Waals surface area contributed by atoms with Crippen molar-refractivity contribution in [3.05, 3.63) is 35.1 Å². The van der Waals surface area contributed by atoms with Crippen LogP contribution in [0.2, 0.25) is 0 Å². The monoisotopic (exact) mass is 316 g/mol. The van der Waals surface area contributed by atoms with Crippen LogP contribution in [0.4, 0.5) is 0 Å². The van der Waals surface area contributed by atoms with E-state index in [1.54, 1.807) is 17.1 Å². The van der Waals surface area contributed by atoms with Crippen LogP contribution >= 0.6 is 0 Å². The quantitative estimate of drug-likeness (QED) is 0.817. The molecule has 0 spiro atoms. The van der Waals surface area contributed by atoms with Crippen molar-refractivity contribution in [1.29, 1.82) is 0 Å². The van der Waals surface area contributed by atoms with Gasteiger partial charge in [0.1, 0.15) is 12.7 Å². The summed E-state index contributed by atoms with van der Waals surface area (Å²) in [6.07, 6.45) is 8.02. The van der Waals surface area contributed by atoms with Crippen LogP contribution in [0.5, 0.6) is 0 Å². The molecule has 1 aliphatic carbocycles. The predicted octanol–water partition coefficient (Wildman–Crippen LogP) is 0.425. The highest BCUT2D eigenvalue weighted by molar-refractivity contribution is 5.16. The Kier molecular flexibility index (Phi) is 3.92. The number of ether oxygens (including phenoxy) is 1. The van der Waals surface area contributed by atoms with Crippen molar-refractivity contribution in [2.75, 3.05) is 13.2 Å². The van der Waals surface area contributed by atoms with E-state index in [2.05, 4.69) is 20.1 Å². The number of hydrogen-bond donors (Lipinski definition) is 0. The standard InChI is InChI=1S/C15H20N6O2/c22-15-6-5-14(20-10-16-9-17-20)18-21(15)11-19-7-8-23-13-4-2-1-3-12(13)19/h5-6,9-10,12-13H,1-4,7-8,11H2/t12-,13+/m0/s1. The Labute approximate surface area is 133 Å². The summed E-state index contributed by atoms with van der Waals surface area (Å²) in [6, 6.07) is 3.58. The van der Waals surface area contributed by atoms with Crippen LogP contribution < -0.4 is 5.56 Å². The van der Waals surface area contributed by atoms with Crippen molar-refractivity contribution in [2.24, 2.45) is 0 Å². The Morgan fingerprint density at radius 2 is 2.17 bits per heavy atom. The van der Waals surface area contributed by atoms with E-state index in [4.69, 9.17) is 4.74 Å². The number of morpholine rings is 1. The van der Waals surface area contributed by atoms with Gasteiger partial charge in [0, 0.05) is 18.7 Å². The molecule has 1 aliphatic heterocycles. The van der Waals surface area contributed by atoms with Gasteiger partial charge in [0.2, 0.25) is 0 Å². The van der Waals surface area contributed by atoms with Crippen molar-refractivity contribution >= 4 is 0 Å². The van der Waals surface area contributed by atoms with Crippen molar-refractivity contribution < 1.29 is 4.74 Å². The fourth-order valence-corrected chi connectivity index (χ4v) is 3.51. The maximum atomic E-state index is 12.2. The lowest BCUT2D eigenvalue weighted by atomic mass is 9.90.